The second-order valence-corrected chi connectivity index (χ2v) is 5.11. The van der Waals surface area contributed by atoms with E-state index in [1.54, 1.807) is 6.07 Å². The molecule has 2 rings (SSSR count). The minimum absolute atomic E-state index is 0.0480. The Balaban J connectivity index is 2.38. The van der Waals surface area contributed by atoms with Gasteiger partial charge in [-0.2, -0.15) is 0 Å². The summed E-state index contributed by atoms with van der Waals surface area (Å²) >= 11 is 0. The highest BCUT2D eigenvalue weighted by atomic mass is 19.1. The molecule has 0 amide bonds. The zero-order chi connectivity index (χ0) is 15.4. The van der Waals surface area contributed by atoms with Gasteiger partial charge in [-0.25, -0.2) is 4.39 Å². The van der Waals surface area contributed by atoms with Gasteiger partial charge in [-0.15, -0.1) is 0 Å². The van der Waals surface area contributed by atoms with E-state index in [2.05, 4.69) is 0 Å². The molecule has 0 atom stereocenters. The lowest BCUT2D eigenvalue weighted by atomic mass is 10.2. The number of anilines is 3. The summed E-state index contributed by atoms with van der Waals surface area (Å²) in [7, 11) is 0. The molecule has 0 bridgehead atoms. The molecule has 0 saturated heterocycles. The Morgan fingerprint density at radius 2 is 1.86 bits per heavy atom. The third kappa shape index (κ3) is 3.66. The number of rotatable bonds is 5. The van der Waals surface area contributed by atoms with Crippen LogP contribution < -0.4 is 15.4 Å². The molecule has 0 spiro atoms. The summed E-state index contributed by atoms with van der Waals surface area (Å²) < 4.78 is 19.1. The summed E-state index contributed by atoms with van der Waals surface area (Å²) in [5.74, 6) is 0.400. The van der Waals surface area contributed by atoms with Gasteiger partial charge >= 0.3 is 0 Å². The molecule has 0 aliphatic rings. The fraction of sp³-hybridized carbons (Fsp3) is 0.294. The lowest BCUT2D eigenvalue weighted by molar-refractivity contribution is 0.244. The first-order chi connectivity index (χ1) is 10.0. The van der Waals surface area contributed by atoms with Crippen LogP contribution in [-0.4, -0.2) is 12.6 Å². The van der Waals surface area contributed by atoms with Crippen LogP contribution in [0.5, 0.6) is 5.75 Å². The first-order valence-electron chi connectivity index (χ1n) is 7.10. The Kier molecular flexibility index (Phi) is 4.68. The summed E-state index contributed by atoms with van der Waals surface area (Å²) in [4.78, 5) is 2.01. The lowest BCUT2D eigenvalue weighted by Crippen LogP contribution is -2.16. The molecule has 21 heavy (non-hydrogen) atoms. The van der Waals surface area contributed by atoms with E-state index in [1.807, 2.05) is 49.9 Å². The molecule has 112 valence electrons. The molecule has 0 radical (unpaired) electrons. The van der Waals surface area contributed by atoms with Crippen molar-refractivity contribution in [2.45, 2.75) is 26.9 Å². The van der Waals surface area contributed by atoms with E-state index in [9.17, 15) is 4.39 Å². The quantitative estimate of drug-likeness (QED) is 0.831. The number of ether oxygens (including phenoxy) is 1. The molecule has 2 N–H and O–H groups in total. The van der Waals surface area contributed by atoms with Gasteiger partial charge in [0.2, 0.25) is 0 Å². The van der Waals surface area contributed by atoms with Crippen LogP contribution >= 0.6 is 0 Å². The lowest BCUT2D eigenvalue weighted by Gasteiger charge is -2.24. The molecule has 2 aromatic rings. The first-order valence-corrected chi connectivity index (χ1v) is 7.10. The van der Waals surface area contributed by atoms with E-state index in [0.29, 0.717) is 18.0 Å². The maximum atomic E-state index is 13.4. The minimum atomic E-state index is -0.250. The van der Waals surface area contributed by atoms with Crippen LogP contribution in [0, 0.1) is 5.82 Å². The van der Waals surface area contributed by atoms with Crippen molar-refractivity contribution in [3.8, 4) is 5.75 Å². The van der Waals surface area contributed by atoms with Gasteiger partial charge in [0.1, 0.15) is 11.6 Å². The van der Waals surface area contributed by atoms with Crippen molar-refractivity contribution in [2.24, 2.45) is 0 Å². The van der Waals surface area contributed by atoms with Gasteiger partial charge in [-0.05, 0) is 51.1 Å². The van der Waals surface area contributed by atoms with Crippen LogP contribution in [0.3, 0.4) is 0 Å². The van der Waals surface area contributed by atoms with Gasteiger partial charge in [0.05, 0.1) is 11.8 Å². The summed E-state index contributed by atoms with van der Waals surface area (Å²) in [5, 5.41) is 0. The van der Waals surface area contributed by atoms with E-state index in [0.717, 1.165) is 11.4 Å². The fourth-order valence-electron chi connectivity index (χ4n) is 2.21. The van der Waals surface area contributed by atoms with E-state index in [-0.39, 0.29) is 11.9 Å². The highest BCUT2D eigenvalue weighted by Gasteiger charge is 2.11. The van der Waals surface area contributed by atoms with Crippen LogP contribution in [0.25, 0.3) is 0 Å². The molecule has 0 heterocycles. The summed E-state index contributed by atoms with van der Waals surface area (Å²) in [5.41, 5.74) is 8.27. The van der Waals surface area contributed by atoms with Crippen molar-refractivity contribution in [3.63, 3.8) is 0 Å². The monoisotopic (exact) mass is 288 g/mol. The van der Waals surface area contributed by atoms with E-state index < -0.39 is 0 Å². The first kappa shape index (κ1) is 15.2. The predicted molar refractivity (Wildman–Crippen MR) is 85.7 cm³/mol. The molecule has 0 unspecified atom stereocenters. The summed E-state index contributed by atoms with van der Waals surface area (Å²) in [6.07, 6.45) is 0.0480. The summed E-state index contributed by atoms with van der Waals surface area (Å²) in [6.45, 7) is 6.64. The maximum Gasteiger partial charge on any atom is 0.144 e. The van der Waals surface area contributed by atoms with E-state index in [4.69, 9.17) is 10.5 Å². The van der Waals surface area contributed by atoms with Gasteiger partial charge in [-0.1, -0.05) is 6.07 Å². The van der Waals surface area contributed by atoms with E-state index >= 15 is 0 Å². The van der Waals surface area contributed by atoms with Crippen molar-refractivity contribution >= 4 is 17.1 Å². The molecule has 0 saturated carbocycles. The zero-order valence-corrected chi connectivity index (χ0v) is 12.6. The maximum absolute atomic E-state index is 13.4. The molecule has 0 aliphatic carbocycles. The average molecular weight is 288 g/mol. The van der Waals surface area contributed by atoms with Gasteiger partial charge < -0.3 is 15.4 Å². The van der Waals surface area contributed by atoms with Crippen molar-refractivity contribution in [1.82, 2.24) is 0 Å². The third-order valence-electron chi connectivity index (χ3n) is 3.11. The molecular formula is C17H21FN2O. The average Bonchev–Trinajstić information content (AvgIpc) is 2.43. The molecule has 2 aromatic carbocycles. The van der Waals surface area contributed by atoms with Crippen LogP contribution in [0.2, 0.25) is 0 Å². The Labute approximate surface area is 125 Å². The smallest absolute Gasteiger partial charge is 0.144 e. The fourth-order valence-corrected chi connectivity index (χ4v) is 2.21. The highest BCUT2D eigenvalue weighted by molar-refractivity contribution is 5.69. The highest BCUT2D eigenvalue weighted by Crippen LogP contribution is 2.32. The number of hydrogen-bond donors (Lipinski definition) is 1. The Morgan fingerprint density at radius 3 is 2.48 bits per heavy atom. The SMILES string of the molecule is CCN(c1cccc(F)c1)c1ccc(N)c(OC(C)C)c1. The summed E-state index contributed by atoms with van der Waals surface area (Å²) in [6, 6.07) is 12.2. The largest absolute Gasteiger partial charge is 0.489 e. The standard InChI is InChI=1S/C17H21FN2O/c1-4-20(14-7-5-6-13(18)10-14)15-8-9-16(19)17(11-15)21-12(2)3/h5-12H,4,19H2,1-3H3. The van der Waals surface area contributed by atoms with Gasteiger partial charge in [-0.3, -0.25) is 0 Å². The van der Waals surface area contributed by atoms with Gasteiger partial charge in [0, 0.05) is 24.0 Å². The van der Waals surface area contributed by atoms with Crippen molar-refractivity contribution < 1.29 is 9.13 Å². The van der Waals surface area contributed by atoms with Crippen LogP contribution in [0.15, 0.2) is 42.5 Å². The number of benzene rings is 2. The molecule has 3 nitrogen and oxygen atoms in total. The number of nitrogens with two attached hydrogens (primary N) is 1. The Morgan fingerprint density at radius 1 is 1.14 bits per heavy atom. The molecule has 0 aromatic heterocycles. The Hall–Kier alpha value is -2.23. The van der Waals surface area contributed by atoms with Crippen molar-refractivity contribution in [1.29, 1.82) is 0 Å². The number of hydrogen-bond acceptors (Lipinski definition) is 3. The number of nitrogen functional groups attached to an aromatic ring is 1. The normalized spacial score (nSPS) is 10.7. The topological polar surface area (TPSA) is 38.5 Å². The minimum Gasteiger partial charge on any atom is -0.489 e. The predicted octanol–water partition coefficient (Wildman–Crippen LogP) is 4.35. The van der Waals surface area contributed by atoms with E-state index in [1.165, 1.54) is 12.1 Å². The van der Waals surface area contributed by atoms with Gasteiger partial charge in [0.15, 0.2) is 0 Å². The zero-order valence-electron chi connectivity index (χ0n) is 12.6. The van der Waals surface area contributed by atoms with Gasteiger partial charge in [0.25, 0.3) is 0 Å². The molecule has 4 heteroatoms. The van der Waals surface area contributed by atoms with Crippen LogP contribution in [-0.2, 0) is 0 Å². The molecule has 0 fully saturated rings. The molecule has 0 aliphatic heterocycles. The van der Waals surface area contributed by atoms with Crippen molar-refractivity contribution in [3.05, 3.63) is 48.3 Å². The number of nitrogens with zero attached hydrogens (tertiary/aromatic N) is 1. The second-order valence-electron chi connectivity index (χ2n) is 5.11. The number of halogens is 1. The van der Waals surface area contributed by atoms with Crippen LogP contribution in [0.4, 0.5) is 21.5 Å². The third-order valence-corrected chi connectivity index (χ3v) is 3.11. The Bertz CT molecular complexity index is 613. The molecular weight excluding hydrogens is 267 g/mol. The van der Waals surface area contributed by atoms with Crippen LogP contribution in [0.1, 0.15) is 20.8 Å². The van der Waals surface area contributed by atoms with Crippen molar-refractivity contribution in [2.75, 3.05) is 17.2 Å². The second kappa shape index (κ2) is 6.48.